The standard InChI is InChI=1S/C14H19N3O/c1-10(9-18-3)17(2)14-5-4-13(15)11-6-7-16-8-12(11)14/h4-8,10H,9,15H2,1-3H3. The summed E-state index contributed by atoms with van der Waals surface area (Å²) in [5.41, 5.74) is 7.89. The molecule has 1 aromatic carbocycles. The van der Waals surface area contributed by atoms with Crippen LogP contribution in [0.5, 0.6) is 0 Å². The Morgan fingerprint density at radius 2 is 2.11 bits per heavy atom. The minimum absolute atomic E-state index is 0.294. The van der Waals surface area contributed by atoms with Gasteiger partial charge in [0.25, 0.3) is 0 Å². The van der Waals surface area contributed by atoms with Crippen molar-refractivity contribution in [2.24, 2.45) is 0 Å². The molecule has 0 bridgehead atoms. The molecular weight excluding hydrogens is 226 g/mol. The molecule has 0 saturated carbocycles. The minimum Gasteiger partial charge on any atom is -0.398 e. The lowest BCUT2D eigenvalue weighted by Crippen LogP contribution is -2.32. The topological polar surface area (TPSA) is 51.4 Å². The summed E-state index contributed by atoms with van der Waals surface area (Å²) in [4.78, 5) is 6.38. The summed E-state index contributed by atoms with van der Waals surface area (Å²) < 4.78 is 5.20. The van der Waals surface area contributed by atoms with Crippen molar-refractivity contribution in [2.45, 2.75) is 13.0 Å². The van der Waals surface area contributed by atoms with E-state index in [9.17, 15) is 0 Å². The first-order valence-corrected chi connectivity index (χ1v) is 5.99. The van der Waals surface area contributed by atoms with Crippen LogP contribution in [-0.4, -0.2) is 31.8 Å². The van der Waals surface area contributed by atoms with Crippen molar-refractivity contribution in [3.05, 3.63) is 30.6 Å². The van der Waals surface area contributed by atoms with Gasteiger partial charge in [-0.1, -0.05) is 0 Å². The van der Waals surface area contributed by atoms with E-state index in [1.807, 2.05) is 24.4 Å². The zero-order chi connectivity index (χ0) is 13.1. The lowest BCUT2D eigenvalue weighted by molar-refractivity contribution is 0.183. The quantitative estimate of drug-likeness (QED) is 0.840. The number of ether oxygens (including phenoxy) is 1. The Hall–Kier alpha value is -1.81. The Morgan fingerprint density at radius 3 is 2.83 bits per heavy atom. The van der Waals surface area contributed by atoms with Crippen LogP contribution >= 0.6 is 0 Å². The van der Waals surface area contributed by atoms with Crippen molar-refractivity contribution in [1.29, 1.82) is 0 Å². The summed E-state index contributed by atoms with van der Waals surface area (Å²) in [6, 6.07) is 6.21. The molecule has 0 aliphatic rings. The average molecular weight is 245 g/mol. The zero-order valence-electron chi connectivity index (χ0n) is 11.1. The van der Waals surface area contributed by atoms with Crippen LogP contribution in [0.15, 0.2) is 30.6 Å². The minimum atomic E-state index is 0.294. The predicted octanol–water partition coefficient (Wildman–Crippen LogP) is 2.29. The van der Waals surface area contributed by atoms with Crippen molar-refractivity contribution >= 4 is 22.1 Å². The highest BCUT2D eigenvalue weighted by Crippen LogP contribution is 2.30. The number of nitrogens with zero attached hydrogens (tertiary/aromatic N) is 2. The molecule has 4 nitrogen and oxygen atoms in total. The smallest absolute Gasteiger partial charge is 0.0663 e. The van der Waals surface area contributed by atoms with Gasteiger partial charge in [-0.15, -0.1) is 0 Å². The molecule has 2 aromatic rings. The number of hydrogen-bond acceptors (Lipinski definition) is 4. The second-order valence-corrected chi connectivity index (χ2v) is 4.51. The van der Waals surface area contributed by atoms with Gasteiger partial charge in [-0.2, -0.15) is 0 Å². The van der Waals surface area contributed by atoms with Crippen molar-refractivity contribution in [2.75, 3.05) is 31.4 Å². The van der Waals surface area contributed by atoms with Crippen molar-refractivity contribution in [3.8, 4) is 0 Å². The van der Waals surface area contributed by atoms with Crippen LogP contribution in [0.4, 0.5) is 11.4 Å². The van der Waals surface area contributed by atoms with E-state index in [0.717, 1.165) is 22.1 Å². The largest absolute Gasteiger partial charge is 0.398 e. The third-order valence-electron chi connectivity index (χ3n) is 3.28. The summed E-state index contributed by atoms with van der Waals surface area (Å²) in [6.07, 6.45) is 3.62. The molecule has 0 aliphatic carbocycles. The lowest BCUT2D eigenvalue weighted by atomic mass is 10.1. The number of methoxy groups -OCH3 is 1. The maximum absolute atomic E-state index is 5.99. The number of pyridine rings is 1. The summed E-state index contributed by atoms with van der Waals surface area (Å²) in [5, 5.41) is 2.11. The molecule has 0 radical (unpaired) electrons. The fraction of sp³-hybridized carbons (Fsp3) is 0.357. The highest BCUT2D eigenvalue weighted by molar-refractivity contribution is 6.00. The van der Waals surface area contributed by atoms with E-state index in [2.05, 4.69) is 23.9 Å². The molecule has 0 spiro atoms. The van der Waals surface area contributed by atoms with E-state index in [1.54, 1.807) is 13.3 Å². The van der Waals surface area contributed by atoms with Crippen LogP contribution in [0.25, 0.3) is 10.8 Å². The van der Waals surface area contributed by atoms with E-state index >= 15 is 0 Å². The number of fused-ring (bicyclic) bond motifs is 1. The molecule has 1 unspecified atom stereocenters. The number of nitrogens with two attached hydrogens (primary N) is 1. The molecule has 96 valence electrons. The second-order valence-electron chi connectivity index (χ2n) is 4.51. The third-order valence-corrected chi connectivity index (χ3v) is 3.28. The third kappa shape index (κ3) is 2.24. The van der Waals surface area contributed by atoms with Crippen LogP contribution in [0.2, 0.25) is 0 Å². The van der Waals surface area contributed by atoms with Gasteiger partial charge in [0.2, 0.25) is 0 Å². The van der Waals surface area contributed by atoms with Gasteiger partial charge in [0.1, 0.15) is 0 Å². The predicted molar refractivity (Wildman–Crippen MR) is 75.9 cm³/mol. The molecule has 2 rings (SSSR count). The van der Waals surface area contributed by atoms with Gasteiger partial charge >= 0.3 is 0 Å². The molecule has 0 amide bonds. The van der Waals surface area contributed by atoms with Gasteiger partial charge in [0.15, 0.2) is 0 Å². The van der Waals surface area contributed by atoms with Crippen LogP contribution in [0, 0.1) is 0 Å². The number of likely N-dealkylation sites (N-methyl/N-ethyl adjacent to an activating group) is 1. The average Bonchev–Trinajstić information content (AvgIpc) is 2.39. The summed E-state index contributed by atoms with van der Waals surface area (Å²) in [7, 11) is 3.77. The fourth-order valence-corrected chi connectivity index (χ4v) is 2.10. The Labute approximate surface area is 107 Å². The number of aromatic nitrogens is 1. The van der Waals surface area contributed by atoms with E-state index in [1.165, 1.54) is 0 Å². The number of rotatable bonds is 4. The number of hydrogen-bond donors (Lipinski definition) is 1. The maximum Gasteiger partial charge on any atom is 0.0663 e. The highest BCUT2D eigenvalue weighted by Gasteiger charge is 2.13. The Bertz CT molecular complexity index is 542. The highest BCUT2D eigenvalue weighted by atomic mass is 16.5. The van der Waals surface area contributed by atoms with E-state index in [0.29, 0.717) is 12.6 Å². The molecule has 1 aromatic heterocycles. The first kappa shape index (κ1) is 12.6. The summed E-state index contributed by atoms with van der Waals surface area (Å²) in [5.74, 6) is 0. The molecule has 2 N–H and O–H groups in total. The molecule has 18 heavy (non-hydrogen) atoms. The molecule has 0 aliphatic heterocycles. The van der Waals surface area contributed by atoms with Gasteiger partial charge in [0.05, 0.1) is 6.61 Å². The van der Waals surface area contributed by atoms with Crippen molar-refractivity contribution in [3.63, 3.8) is 0 Å². The van der Waals surface area contributed by atoms with Crippen molar-refractivity contribution < 1.29 is 4.74 Å². The first-order valence-electron chi connectivity index (χ1n) is 5.99. The maximum atomic E-state index is 5.99. The molecule has 1 heterocycles. The first-order chi connectivity index (χ1) is 8.65. The van der Waals surface area contributed by atoms with Gasteiger partial charge < -0.3 is 15.4 Å². The summed E-state index contributed by atoms with van der Waals surface area (Å²) in [6.45, 7) is 2.81. The Balaban J connectivity index is 2.48. The van der Waals surface area contributed by atoms with Crippen molar-refractivity contribution in [1.82, 2.24) is 4.98 Å². The number of anilines is 2. The SMILES string of the molecule is COCC(C)N(C)c1ccc(N)c2ccncc12. The summed E-state index contributed by atoms with van der Waals surface area (Å²) >= 11 is 0. The molecule has 0 fully saturated rings. The normalized spacial score (nSPS) is 12.6. The monoisotopic (exact) mass is 245 g/mol. The van der Waals surface area contributed by atoms with Crippen LogP contribution in [-0.2, 0) is 4.74 Å². The lowest BCUT2D eigenvalue weighted by Gasteiger charge is -2.27. The fourth-order valence-electron chi connectivity index (χ4n) is 2.10. The molecular formula is C14H19N3O. The zero-order valence-corrected chi connectivity index (χ0v) is 11.1. The van der Waals surface area contributed by atoms with Gasteiger partial charge in [-0.3, -0.25) is 4.98 Å². The molecule has 4 heteroatoms. The van der Waals surface area contributed by atoms with Crippen LogP contribution in [0.3, 0.4) is 0 Å². The number of nitrogen functional groups attached to an aromatic ring is 1. The second kappa shape index (κ2) is 5.23. The Kier molecular flexibility index (Phi) is 3.67. The molecule has 1 atom stereocenters. The van der Waals surface area contributed by atoms with Gasteiger partial charge in [-0.25, -0.2) is 0 Å². The van der Waals surface area contributed by atoms with Gasteiger partial charge in [-0.05, 0) is 25.1 Å². The van der Waals surface area contributed by atoms with Crippen LogP contribution in [0.1, 0.15) is 6.92 Å². The van der Waals surface area contributed by atoms with Gasteiger partial charge in [0, 0.05) is 54.7 Å². The number of benzene rings is 1. The van der Waals surface area contributed by atoms with Crippen LogP contribution < -0.4 is 10.6 Å². The van der Waals surface area contributed by atoms with E-state index in [-0.39, 0.29) is 0 Å². The molecule has 0 saturated heterocycles. The Morgan fingerprint density at radius 1 is 1.33 bits per heavy atom. The van der Waals surface area contributed by atoms with E-state index < -0.39 is 0 Å². The van der Waals surface area contributed by atoms with E-state index in [4.69, 9.17) is 10.5 Å².